The summed E-state index contributed by atoms with van der Waals surface area (Å²) in [5, 5.41) is 6.47. The molecule has 4 aromatic carbocycles. The van der Waals surface area contributed by atoms with E-state index < -0.39 is 0 Å². The van der Waals surface area contributed by atoms with Crippen molar-refractivity contribution in [3.63, 3.8) is 0 Å². The van der Waals surface area contributed by atoms with Gasteiger partial charge in [0.15, 0.2) is 0 Å². The molecule has 2 nitrogen and oxygen atoms in total. The van der Waals surface area contributed by atoms with Crippen LogP contribution in [0, 0.1) is 0 Å². The Labute approximate surface area is 247 Å². The first-order valence-electron chi connectivity index (χ1n) is 14.9. The minimum Gasteiger partial charge on any atom is -0.376 e. The SMILES string of the molecule is CC1NC2=C(C=C1c1cccc(-c3ccc4ccccc4c3)c1)C(C1=CC=CCC1)(c1ccccc1)c1cccnc12. The van der Waals surface area contributed by atoms with Crippen molar-refractivity contribution in [2.45, 2.75) is 31.2 Å². The summed E-state index contributed by atoms with van der Waals surface area (Å²) in [7, 11) is 0. The van der Waals surface area contributed by atoms with Gasteiger partial charge >= 0.3 is 0 Å². The Bertz CT molecular complexity index is 1970. The zero-order chi connectivity index (χ0) is 28.1. The van der Waals surface area contributed by atoms with Crippen LogP contribution >= 0.6 is 0 Å². The predicted molar refractivity (Wildman–Crippen MR) is 175 cm³/mol. The van der Waals surface area contributed by atoms with Crippen molar-refractivity contribution in [3.8, 4) is 11.1 Å². The van der Waals surface area contributed by atoms with Gasteiger partial charge < -0.3 is 5.32 Å². The molecule has 1 aliphatic heterocycles. The van der Waals surface area contributed by atoms with Crippen molar-refractivity contribution in [2.24, 2.45) is 0 Å². The molecule has 0 bridgehead atoms. The van der Waals surface area contributed by atoms with Crippen LogP contribution < -0.4 is 5.32 Å². The summed E-state index contributed by atoms with van der Waals surface area (Å²) in [4.78, 5) is 4.98. The number of fused-ring (bicyclic) bond motifs is 3. The van der Waals surface area contributed by atoms with Gasteiger partial charge in [0.05, 0.1) is 16.8 Å². The van der Waals surface area contributed by atoms with Crippen LogP contribution in [0.2, 0.25) is 0 Å². The number of allylic oxidation sites excluding steroid dienone is 6. The van der Waals surface area contributed by atoms with E-state index in [2.05, 4.69) is 146 Å². The number of hydrogen-bond acceptors (Lipinski definition) is 2. The first-order chi connectivity index (χ1) is 20.7. The van der Waals surface area contributed by atoms with Gasteiger partial charge in [0.25, 0.3) is 0 Å². The smallest absolute Gasteiger partial charge is 0.0912 e. The van der Waals surface area contributed by atoms with Gasteiger partial charge in [0, 0.05) is 12.2 Å². The molecule has 2 heteroatoms. The van der Waals surface area contributed by atoms with E-state index in [9.17, 15) is 0 Å². The van der Waals surface area contributed by atoms with E-state index in [0.29, 0.717) is 0 Å². The monoisotopic (exact) mass is 540 g/mol. The lowest BCUT2D eigenvalue weighted by atomic mass is 9.64. The number of rotatable bonds is 4. The normalized spacial score (nSPS) is 20.9. The number of nitrogens with zero attached hydrogens (tertiary/aromatic N) is 1. The quantitative estimate of drug-likeness (QED) is 0.246. The lowest BCUT2D eigenvalue weighted by Crippen LogP contribution is -2.34. The second-order valence-corrected chi connectivity index (χ2v) is 11.6. The maximum atomic E-state index is 4.98. The van der Waals surface area contributed by atoms with E-state index in [-0.39, 0.29) is 11.5 Å². The van der Waals surface area contributed by atoms with Crippen LogP contribution in [-0.2, 0) is 5.41 Å². The fraction of sp³-hybridized carbons (Fsp3) is 0.125. The second kappa shape index (κ2) is 9.85. The molecular formula is C40H32N2. The Balaban J connectivity index is 1.32. The minimum atomic E-state index is -0.390. The van der Waals surface area contributed by atoms with Crippen molar-refractivity contribution >= 4 is 22.0 Å². The molecule has 2 atom stereocenters. The summed E-state index contributed by atoms with van der Waals surface area (Å²) in [6, 6.07) is 39.9. The zero-order valence-corrected chi connectivity index (χ0v) is 23.7. The fourth-order valence-electron chi connectivity index (χ4n) is 7.29. The van der Waals surface area contributed by atoms with Crippen LogP contribution in [0.15, 0.2) is 151 Å². The number of dihydropyridines is 1. The molecule has 2 heterocycles. The van der Waals surface area contributed by atoms with Crippen molar-refractivity contribution in [3.05, 3.63) is 173 Å². The number of nitrogens with one attached hydrogen (secondary N) is 1. The molecule has 0 saturated heterocycles. The molecule has 1 aromatic heterocycles. The molecule has 0 radical (unpaired) electrons. The molecule has 0 amide bonds. The van der Waals surface area contributed by atoms with Crippen LogP contribution in [-0.4, -0.2) is 11.0 Å². The largest absolute Gasteiger partial charge is 0.376 e. The van der Waals surface area contributed by atoms with Crippen molar-refractivity contribution in [2.75, 3.05) is 0 Å². The van der Waals surface area contributed by atoms with Gasteiger partial charge in [-0.3, -0.25) is 4.98 Å². The topological polar surface area (TPSA) is 24.9 Å². The van der Waals surface area contributed by atoms with E-state index >= 15 is 0 Å². The van der Waals surface area contributed by atoms with E-state index in [1.54, 1.807) is 0 Å². The van der Waals surface area contributed by atoms with E-state index in [1.165, 1.54) is 55.3 Å². The average molecular weight is 541 g/mol. The molecule has 42 heavy (non-hydrogen) atoms. The molecular weight excluding hydrogens is 508 g/mol. The molecule has 0 spiro atoms. The van der Waals surface area contributed by atoms with Gasteiger partial charge in [-0.1, -0.05) is 115 Å². The Morgan fingerprint density at radius 2 is 1.57 bits per heavy atom. The molecule has 5 aromatic rings. The lowest BCUT2D eigenvalue weighted by Gasteiger charge is -2.38. The van der Waals surface area contributed by atoms with E-state index in [1.807, 2.05) is 6.20 Å². The van der Waals surface area contributed by atoms with Crippen LogP contribution in [0.4, 0.5) is 0 Å². The minimum absolute atomic E-state index is 0.136. The maximum absolute atomic E-state index is 4.98. The third-order valence-electron chi connectivity index (χ3n) is 9.23. The van der Waals surface area contributed by atoms with Gasteiger partial charge in [-0.15, -0.1) is 0 Å². The highest BCUT2D eigenvalue weighted by molar-refractivity contribution is 5.92. The first kappa shape index (κ1) is 24.8. The van der Waals surface area contributed by atoms with Crippen LogP contribution in [0.25, 0.3) is 33.2 Å². The van der Waals surface area contributed by atoms with Crippen molar-refractivity contribution in [1.29, 1.82) is 0 Å². The lowest BCUT2D eigenvalue weighted by molar-refractivity contribution is 0.679. The molecule has 0 fully saturated rings. The van der Waals surface area contributed by atoms with Crippen molar-refractivity contribution in [1.82, 2.24) is 10.3 Å². The highest BCUT2D eigenvalue weighted by Gasteiger charge is 2.50. The van der Waals surface area contributed by atoms with Crippen molar-refractivity contribution < 1.29 is 0 Å². The van der Waals surface area contributed by atoms with Gasteiger partial charge in [0.1, 0.15) is 0 Å². The molecule has 3 aliphatic rings. The summed E-state index contributed by atoms with van der Waals surface area (Å²) in [6.45, 7) is 2.27. The summed E-state index contributed by atoms with van der Waals surface area (Å²) in [5.41, 5.74) is 12.1. The molecule has 2 aliphatic carbocycles. The van der Waals surface area contributed by atoms with Crippen LogP contribution in [0.5, 0.6) is 0 Å². The summed E-state index contributed by atoms with van der Waals surface area (Å²) in [5.74, 6) is 0. The zero-order valence-electron chi connectivity index (χ0n) is 23.7. The number of hydrogen-bond donors (Lipinski definition) is 1. The standard InChI is InChI=1S/C40H32N2/c1-27-35(32-15-10-14-30(25-32)31-22-21-28-12-8-9-13-29(28)24-31)26-37-39(42-27)38-36(20-11-23-41-38)40(37,33-16-4-2-5-17-33)34-18-6-3-7-19-34/h2-6,8-18,20-27,42H,7,19H2,1H3. The highest BCUT2D eigenvalue weighted by atomic mass is 15.0. The third kappa shape index (κ3) is 3.75. The van der Waals surface area contributed by atoms with Crippen LogP contribution in [0.3, 0.4) is 0 Å². The Kier molecular flexibility index (Phi) is 5.82. The molecule has 2 unspecified atom stereocenters. The number of aromatic nitrogens is 1. The summed E-state index contributed by atoms with van der Waals surface area (Å²) in [6.07, 6.45) is 13.3. The summed E-state index contributed by atoms with van der Waals surface area (Å²) >= 11 is 0. The van der Waals surface area contributed by atoms with Gasteiger partial charge in [-0.05, 0) is 93.8 Å². The average Bonchev–Trinajstić information content (AvgIpc) is 3.35. The molecule has 202 valence electrons. The first-order valence-corrected chi connectivity index (χ1v) is 14.9. The highest BCUT2D eigenvalue weighted by Crippen LogP contribution is 2.57. The second-order valence-electron chi connectivity index (χ2n) is 11.6. The number of pyridine rings is 1. The van der Waals surface area contributed by atoms with Crippen LogP contribution in [0.1, 0.15) is 42.1 Å². The molecule has 0 saturated carbocycles. The van der Waals surface area contributed by atoms with E-state index in [0.717, 1.165) is 24.2 Å². The maximum Gasteiger partial charge on any atom is 0.0912 e. The fourth-order valence-corrected chi connectivity index (χ4v) is 7.29. The Morgan fingerprint density at radius 1 is 0.762 bits per heavy atom. The third-order valence-corrected chi connectivity index (χ3v) is 9.23. The Hall–Kier alpha value is -4.95. The molecule has 1 N–H and O–H groups in total. The van der Waals surface area contributed by atoms with Gasteiger partial charge in [0.2, 0.25) is 0 Å². The Morgan fingerprint density at radius 3 is 2.43 bits per heavy atom. The van der Waals surface area contributed by atoms with Gasteiger partial charge in [-0.2, -0.15) is 0 Å². The number of benzene rings is 4. The van der Waals surface area contributed by atoms with Gasteiger partial charge in [-0.25, -0.2) is 0 Å². The molecule has 8 rings (SSSR count). The predicted octanol–water partition coefficient (Wildman–Crippen LogP) is 9.26. The summed E-state index contributed by atoms with van der Waals surface area (Å²) < 4.78 is 0. The van der Waals surface area contributed by atoms with E-state index in [4.69, 9.17) is 4.98 Å².